The largest absolute Gasteiger partial charge is 0.337 e. The standard InChI is InChI=1S/C11H19N3OS/c1-3-8(2)16-7-9-13-10(15-14-9)11(12)5-4-6-11/h8H,3-7,12H2,1-2H3. The lowest BCUT2D eigenvalue weighted by Crippen LogP contribution is -2.43. The van der Waals surface area contributed by atoms with E-state index in [2.05, 4.69) is 24.0 Å². The summed E-state index contributed by atoms with van der Waals surface area (Å²) in [5, 5.41) is 4.62. The van der Waals surface area contributed by atoms with E-state index in [0.717, 1.165) is 37.3 Å². The molecule has 1 aliphatic rings. The summed E-state index contributed by atoms with van der Waals surface area (Å²) >= 11 is 1.85. The molecule has 0 aliphatic heterocycles. The van der Waals surface area contributed by atoms with E-state index in [9.17, 15) is 0 Å². The first-order valence-electron chi connectivity index (χ1n) is 5.87. The summed E-state index contributed by atoms with van der Waals surface area (Å²) in [5.74, 6) is 2.21. The molecular weight excluding hydrogens is 222 g/mol. The number of aromatic nitrogens is 2. The molecule has 16 heavy (non-hydrogen) atoms. The SMILES string of the molecule is CCC(C)SCc1noc(C2(N)CCC2)n1. The van der Waals surface area contributed by atoms with Crippen molar-refractivity contribution in [2.45, 2.75) is 56.1 Å². The highest BCUT2D eigenvalue weighted by Crippen LogP contribution is 2.37. The highest BCUT2D eigenvalue weighted by Gasteiger charge is 2.39. The Morgan fingerprint density at radius 3 is 2.88 bits per heavy atom. The lowest BCUT2D eigenvalue weighted by atomic mass is 9.78. The fourth-order valence-corrected chi connectivity index (χ4v) is 2.41. The zero-order valence-corrected chi connectivity index (χ0v) is 10.7. The fourth-order valence-electron chi connectivity index (χ4n) is 1.62. The van der Waals surface area contributed by atoms with Crippen LogP contribution in [0.15, 0.2) is 4.52 Å². The van der Waals surface area contributed by atoms with Gasteiger partial charge in [-0.3, -0.25) is 0 Å². The molecule has 5 heteroatoms. The van der Waals surface area contributed by atoms with Crippen molar-refractivity contribution in [3.8, 4) is 0 Å². The van der Waals surface area contributed by atoms with Crippen molar-refractivity contribution < 1.29 is 4.52 Å². The maximum atomic E-state index is 6.12. The van der Waals surface area contributed by atoms with Crippen molar-refractivity contribution >= 4 is 11.8 Å². The van der Waals surface area contributed by atoms with Crippen molar-refractivity contribution in [1.29, 1.82) is 0 Å². The van der Waals surface area contributed by atoms with Gasteiger partial charge in [0.15, 0.2) is 5.82 Å². The maximum absolute atomic E-state index is 6.12. The highest BCUT2D eigenvalue weighted by atomic mass is 32.2. The summed E-state index contributed by atoms with van der Waals surface area (Å²) in [6, 6.07) is 0. The summed E-state index contributed by atoms with van der Waals surface area (Å²) in [6.07, 6.45) is 4.26. The van der Waals surface area contributed by atoms with Gasteiger partial charge in [-0.25, -0.2) is 0 Å². The average Bonchev–Trinajstić information content (AvgIpc) is 2.71. The van der Waals surface area contributed by atoms with Crippen LogP contribution >= 0.6 is 11.8 Å². The topological polar surface area (TPSA) is 64.9 Å². The number of nitrogens with two attached hydrogens (primary N) is 1. The van der Waals surface area contributed by atoms with Crippen LogP contribution in [0.1, 0.15) is 51.2 Å². The van der Waals surface area contributed by atoms with Gasteiger partial charge in [-0.05, 0) is 25.7 Å². The van der Waals surface area contributed by atoms with Gasteiger partial charge in [0.25, 0.3) is 0 Å². The van der Waals surface area contributed by atoms with Gasteiger partial charge in [0, 0.05) is 5.25 Å². The van der Waals surface area contributed by atoms with Gasteiger partial charge < -0.3 is 10.3 Å². The van der Waals surface area contributed by atoms with Crippen LogP contribution < -0.4 is 5.73 Å². The van der Waals surface area contributed by atoms with E-state index in [4.69, 9.17) is 10.3 Å². The molecule has 90 valence electrons. The number of thioether (sulfide) groups is 1. The highest BCUT2D eigenvalue weighted by molar-refractivity contribution is 7.99. The number of hydrogen-bond acceptors (Lipinski definition) is 5. The minimum atomic E-state index is -0.327. The normalized spacial score (nSPS) is 20.4. The Morgan fingerprint density at radius 1 is 1.56 bits per heavy atom. The third-order valence-electron chi connectivity index (χ3n) is 3.21. The van der Waals surface area contributed by atoms with Gasteiger partial charge in [-0.15, -0.1) is 0 Å². The van der Waals surface area contributed by atoms with E-state index in [0.29, 0.717) is 11.1 Å². The summed E-state index contributed by atoms with van der Waals surface area (Å²) in [7, 11) is 0. The molecule has 2 N–H and O–H groups in total. The van der Waals surface area contributed by atoms with Crippen LogP contribution in [0.2, 0.25) is 0 Å². The molecule has 1 unspecified atom stereocenters. The first kappa shape index (κ1) is 11.9. The average molecular weight is 241 g/mol. The molecule has 1 atom stereocenters. The minimum Gasteiger partial charge on any atom is -0.337 e. The smallest absolute Gasteiger partial charge is 0.246 e. The molecule has 1 aromatic heterocycles. The quantitative estimate of drug-likeness (QED) is 0.857. The molecule has 0 amide bonds. The lowest BCUT2D eigenvalue weighted by Gasteiger charge is -2.33. The predicted octanol–water partition coefficient (Wildman–Crippen LogP) is 2.44. The molecule has 4 nitrogen and oxygen atoms in total. The van der Waals surface area contributed by atoms with E-state index < -0.39 is 0 Å². The molecule has 1 aromatic rings. The molecule has 2 rings (SSSR count). The second kappa shape index (κ2) is 4.75. The Kier molecular flexibility index (Phi) is 3.54. The monoisotopic (exact) mass is 241 g/mol. The van der Waals surface area contributed by atoms with Crippen LogP contribution in [-0.2, 0) is 11.3 Å². The molecule has 0 spiro atoms. The molecule has 1 fully saturated rings. The molecular formula is C11H19N3OS. The van der Waals surface area contributed by atoms with Gasteiger partial charge in [0.2, 0.25) is 5.89 Å². The van der Waals surface area contributed by atoms with Gasteiger partial charge in [-0.1, -0.05) is 19.0 Å². The summed E-state index contributed by atoms with van der Waals surface area (Å²) in [5.41, 5.74) is 5.79. The maximum Gasteiger partial charge on any atom is 0.246 e. The van der Waals surface area contributed by atoms with Crippen LogP contribution in [0.4, 0.5) is 0 Å². The summed E-state index contributed by atoms with van der Waals surface area (Å²) in [6.45, 7) is 4.39. The van der Waals surface area contributed by atoms with E-state index >= 15 is 0 Å². The van der Waals surface area contributed by atoms with E-state index in [1.54, 1.807) is 0 Å². The van der Waals surface area contributed by atoms with Gasteiger partial charge in [0.05, 0.1) is 11.3 Å². The van der Waals surface area contributed by atoms with Crippen molar-refractivity contribution in [1.82, 2.24) is 10.1 Å². The van der Waals surface area contributed by atoms with E-state index in [1.165, 1.54) is 0 Å². The number of hydrogen-bond donors (Lipinski definition) is 1. The number of nitrogens with zero attached hydrogens (tertiary/aromatic N) is 2. The second-order valence-corrected chi connectivity index (χ2v) is 5.98. The lowest BCUT2D eigenvalue weighted by molar-refractivity contribution is 0.181. The minimum absolute atomic E-state index is 0.327. The first-order chi connectivity index (χ1) is 7.64. The molecule has 1 saturated carbocycles. The molecule has 0 saturated heterocycles. The zero-order valence-electron chi connectivity index (χ0n) is 9.90. The second-order valence-electron chi connectivity index (χ2n) is 4.56. The van der Waals surface area contributed by atoms with Crippen LogP contribution in [-0.4, -0.2) is 15.4 Å². The summed E-state index contributed by atoms with van der Waals surface area (Å²) < 4.78 is 5.24. The predicted molar refractivity (Wildman–Crippen MR) is 65.1 cm³/mol. The Bertz CT molecular complexity index is 349. The van der Waals surface area contributed by atoms with Crippen LogP contribution in [0, 0.1) is 0 Å². The van der Waals surface area contributed by atoms with Crippen LogP contribution in [0.3, 0.4) is 0 Å². The molecule has 0 aromatic carbocycles. The van der Waals surface area contributed by atoms with Crippen molar-refractivity contribution in [3.05, 3.63) is 11.7 Å². The van der Waals surface area contributed by atoms with Gasteiger partial charge >= 0.3 is 0 Å². The fraction of sp³-hybridized carbons (Fsp3) is 0.818. The Morgan fingerprint density at radius 2 is 2.31 bits per heavy atom. The van der Waals surface area contributed by atoms with Crippen LogP contribution in [0.5, 0.6) is 0 Å². The summed E-state index contributed by atoms with van der Waals surface area (Å²) in [4.78, 5) is 4.39. The van der Waals surface area contributed by atoms with Crippen molar-refractivity contribution in [2.75, 3.05) is 0 Å². The van der Waals surface area contributed by atoms with E-state index in [1.807, 2.05) is 11.8 Å². The van der Waals surface area contributed by atoms with Crippen molar-refractivity contribution in [2.24, 2.45) is 5.73 Å². The third kappa shape index (κ3) is 2.40. The molecule has 1 aliphatic carbocycles. The third-order valence-corrected chi connectivity index (χ3v) is 4.54. The Balaban J connectivity index is 1.92. The molecule has 0 bridgehead atoms. The molecule has 0 radical (unpaired) electrons. The Labute approximate surface area is 100 Å². The van der Waals surface area contributed by atoms with Gasteiger partial charge in [-0.2, -0.15) is 16.7 Å². The zero-order chi connectivity index (χ0) is 11.6. The Hall–Kier alpha value is -0.550. The molecule has 1 heterocycles. The first-order valence-corrected chi connectivity index (χ1v) is 6.92. The van der Waals surface area contributed by atoms with Crippen LogP contribution in [0.25, 0.3) is 0 Å². The number of rotatable bonds is 5. The van der Waals surface area contributed by atoms with Gasteiger partial charge in [0.1, 0.15) is 0 Å². The van der Waals surface area contributed by atoms with E-state index in [-0.39, 0.29) is 5.54 Å². The van der Waals surface area contributed by atoms with Crippen molar-refractivity contribution in [3.63, 3.8) is 0 Å².